The number of hydrogen-bond acceptors (Lipinski definition) is 9. The minimum absolute atomic E-state index is 0.183. The van der Waals surface area contributed by atoms with Gasteiger partial charge in [0.1, 0.15) is 29.5 Å². The molecule has 1 spiro atoms. The van der Waals surface area contributed by atoms with Crippen molar-refractivity contribution >= 4 is 11.8 Å². The quantitative estimate of drug-likeness (QED) is 0.287. The molecular formula is C20H26O9. The minimum atomic E-state index is -2.27. The molecule has 0 radical (unpaired) electrons. The summed E-state index contributed by atoms with van der Waals surface area (Å²) in [5.74, 6) is -3.08. The maximum atomic E-state index is 12.5. The highest BCUT2D eigenvalue weighted by Gasteiger charge is 2.88. The van der Waals surface area contributed by atoms with Crippen molar-refractivity contribution < 1.29 is 44.6 Å². The first kappa shape index (κ1) is 19.6. The van der Waals surface area contributed by atoms with Gasteiger partial charge in [0.25, 0.3) is 0 Å². The summed E-state index contributed by atoms with van der Waals surface area (Å²) in [7, 11) is 0. The van der Waals surface area contributed by atoms with E-state index < -0.39 is 76.1 Å². The van der Waals surface area contributed by atoms with Crippen LogP contribution in [0.2, 0.25) is 0 Å². The molecule has 2 heterocycles. The van der Waals surface area contributed by atoms with Crippen molar-refractivity contribution in [3.05, 3.63) is 11.6 Å². The standard InChI is InChI=1S/C20H26O9/c1-7-4-9(21)13(23)17(2)8(7)5-10-19-6-28-18(3,14(24)11(22)12(17)19)20(19,27)15(25)16(26)29-10/h4,8,10-15,22-25,27H,5-6H2,1-3H3/t8-,10+,11+,12?,13+,14-,15-,17-,18-,19+,20+/m0/s1. The van der Waals surface area contributed by atoms with Gasteiger partial charge in [0.2, 0.25) is 0 Å². The minimum Gasteiger partial charge on any atom is -0.460 e. The molecule has 3 aliphatic carbocycles. The van der Waals surface area contributed by atoms with Gasteiger partial charge in [-0.2, -0.15) is 0 Å². The summed E-state index contributed by atoms with van der Waals surface area (Å²) < 4.78 is 11.4. The van der Waals surface area contributed by atoms with Crippen LogP contribution in [0.3, 0.4) is 0 Å². The molecule has 1 unspecified atom stereocenters. The Bertz CT molecular complexity index is 855. The normalized spacial score (nSPS) is 60.8. The highest BCUT2D eigenvalue weighted by molar-refractivity contribution is 5.96. The van der Waals surface area contributed by atoms with Gasteiger partial charge in [-0.05, 0) is 32.3 Å². The van der Waals surface area contributed by atoms with Crippen molar-refractivity contribution in [3.8, 4) is 0 Å². The number of hydrogen-bond donors (Lipinski definition) is 5. The van der Waals surface area contributed by atoms with Crippen molar-refractivity contribution in [1.29, 1.82) is 0 Å². The fourth-order valence-electron chi connectivity index (χ4n) is 7.56. The maximum Gasteiger partial charge on any atom is 0.338 e. The van der Waals surface area contributed by atoms with Gasteiger partial charge in [0.15, 0.2) is 11.9 Å². The van der Waals surface area contributed by atoms with Crippen LogP contribution in [0.5, 0.6) is 0 Å². The largest absolute Gasteiger partial charge is 0.460 e. The zero-order valence-corrected chi connectivity index (χ0v) is 16.4. The number of aliphatic hydroxyl groups is 5. The summed E-state index contributed by atoms with van der Waals surface area (Å²) in [6.07, 6.45) is -6.07. The van der Waals surface area contributed by atoms with E-state index >= 15 is 0 Å². The molecule has 160 valence electrons. The first-order chi connectivity index (χ1) is 13.4. The molecule has 2 saturated carbocycles. The van der Waals surface area contributed by atoms with Crippen LogP contribution in [0.15, 0.2) is 11.6 Å². The number of ketones is 1. The van der Waals surface area contributed by atoms with Crippen LogP contribution in [0.25, 0.3) is 0 Å². The lowest BCUT2D eigenvalue weighted by atomic mass is 9.36. The van der Waals surface area contributed by atoms with Crippen molar-refractivity contribution in [2.24, 2.45) is 22.7 Å². The molecule has 29 heavy (non-hydrogen) atoms. The second-order valence-electron chi connectivity index (χ2n) is 9.79. The van der Waals surface area contributed by atoms with Crippen LogP contribution in [0.4, 0.5) is 0 Å². The van der Waals surface area contributed by atoms with Crippen LogP contribution in [0, 0.1) is 22.7 Å². The van der Waals surface area contributed by atoms with E-state index in [0.717, 1.165) is 0 Å². The monoisotopic (exact) mass is 410 g/mol. The average Bonchev–Trinajstić information content (AvgIpc) is 2.85. The van der Waals surface area contributed by atoms with E-state index in [4.69, 9.17) is 9.47 Å². The molecule has 0 aromatic rings. The van der Waals surface area contributed by atoms with Crippen molar-refractivity contribution in [2.45, 2.75) is 68.9 Å². The molecule has 2 bridgehead atoms. The van der Waals surface area contributed by atoms with Gasteiger partial charge >= 0.3 is 5.97 Å². The molecule has 0 aromatic carbocycles. The smallest absolute Gasteiger partial charge is 0.338 e. The van der Waals surface area contributed by atoms with Crippen LogP contribution < -0.4 is 0 Å². The van der Waals surface area contributed by atoms with Gasteiger partial charge in [-0.25, -0.2) is 4.79 Å². The van der Waals surface area contributed by atoms with Gasteiger partial charge in [0, 0.05) is 11.3 Å². The molecule has 4 fully saturated rings. The molecular weight excluding hydrogens is 384 g/mol. The molecule has 0 amide bonds. The predicted molar refractivity (Wildman–Crippen MR) is 94.1 cm³/mol. The van der Waals surface area contributed by atoms with E-state index in [1.807, 2.05) is 0 Å². The summed E-state index contributed by atoms with van der Waals surface area (Å²) in [5.41, 5.74) is -6.22. The van der Waals surface area contributed by atoms with E-state index in [2.05, 4.69) is 0 Å². The van der Waals surface area contributed by atoms with Crippen LogP contribution >= 0.6 is 0 Å². The molecule has 9 heteroatoms. The Kier molecular flexibility index (Phi) is 3.56. The van der Waals surface area contributed by atoms with E-state index in [-0.39, 0.29) is 13.0 Å². The Morgan fingerprint density at radius 3 is 2.41 bits per heavy atom. The highest BCUT2D eigenvalue weighted by Crippen LogP contribution is 2.73. The molecule has 9 nitrogen and oxygen atoms in total. The molecule has 5 rings (SSSR count). The summed E-state index contributed by atoms with van der Waals surface area (Å²) >= 11 is 0. The van der Waals surface area contributed by atoms with Crippen molar-refractivity contribution in [2.75, 3.05) is 6.61 Å². The lowest BCUT2D eigenvalue weighted by Crippen LogP contribution is -2.86. The number of ether oxygens (including phenoxy) is 2. The van der Waals surface area contributed by atoms with Crippen LogP contribution in [-0.2, 0) is 19.1 Å². The number of rotatable bonds is 0. The zero-order valence-electron chi connectivity index (χ0n) is 16.4. The first-order valence-corrected chi connectivity index (χ1v) is 9.90. The third kappa shape index (κ3) is 1.70. The Hall–Kier alpha value is -1.36. The van der Waals surface area contributed by atoms with Crippen molar-refractivity contribution in [3.63, 3.8) is 0 Å². The van der Waals surface area contributed by atoms with E-state index in [9.17, 15) is 35.1 Å². The Morgan fingerprint density at radius 2 is 1.76 bits per heavy atom. The Morgan fingerprint density at radius 1 is 1.10 bits per heavy atom. The number of carbonyl (C=O) groups is 2. The third-order valence-corrected chi connectivity index (χ3v) is 8.96. The number of esters is 1. The Labute approximate surface area is 166 Å². The van der Waals surface area contributed by atoms with Crippen LogP contribution in [-0.4, -0.2) is 85.6 Å². The highest BCUT2D eigenvalue weighted by atomic mass is 16.6. The van der Waals surface area contributed by atoms with Gasteiger partial charge < -0.3 is 35.0 Å². The maximum absolute atomic E-state index is 12.5. The van der Waals surface area contributed by atoms with Gasteiger partial charge in [0.05, 0.1) is 18.1 Å². The van der Waals surface area contributed by atoms with Gasteiger partial charge in [-0.15, -0.1) is 0 Å². The SMILES string of the molecule is CC1=CC(=O)[C@@H](O)[C@]2(C)C3[C@@H](O)[C@H](O)[C@]4(C)OC[C@@]35[C@@H](C[C@@H]12)OC(=O)[C@H](O)[C@@]45O. The van der Waals surface area contributed by atoms with E-state index in [0.29, 0.717) is 5.57 Å². The number of fused-ring (bicyclic) bond motifs is 2. The topological polar surface area (TPSA) is 154 Å². The molecule has 5 N–H and O–H groups in total. The Balaban J connectivity index is 1.83. The lowest BCUT2D eigenvalue weighted by Gasteiger charge is -2.70. The molecule has 0 aromatic heterocycles. The van der Waals surface area contributed by atoms with E-state index in [1.165, 1.54) is 13.0 Å². The number of aliphatic hydroxyl groups excluding tert-OH is 4. The second-order valence-corrected chi connectivity index (χ2v) is 9.79. The summed E-state index contributed by atoms with van der Waals surface area (Å²) in [6.45, 7) is 4.52. The lowest BCUT2D eigenvalue weighted by molar-refractivity contribution is -0.351. The molecule has 5 aliphatic rings. The number of carbonyl (C=O) groups excluding carboxylic acids is 2. The second kappa shape index (κ2) is 5.27. The van der Waals surface area contributed by atoms with E-state index in [1.54, 1.807) is 13.8 Å². The first-order valence-electron chi connectivity index (χ1n) is 9.90. The fourth-order valence-corrected chi connectivity index (χ4v) is 7.56. The molecule has 2 saturated heterocycles. The molecule has 11 atom stereocenters. The fraction of sp³-hybridized carbons (Fsp3) is 0.800. The molecule has 2 aliphatic heterocycles. The summed E-state index contributed by atoms with van der Waals surface area (Å²) in [4.78, 5) is 25.0. The summed E-state index contributed by atoms with van der Waals surface area (Å²) in [5, 5.41) is 55.8. The van der Waals surface area contributed by atoms with Gasteiger partial charge in [-0.1, -0.05) is 12.5 Å². The zero-order chi connectivity index (χ0) is 21.3. The average molecular weight is 410 g/mol. The predicted octanol–water partition coefficient (Wildman–Crippen LogP) is -1.95. The number of allylic oxidation sites excluding steroid dienone is 1. The summed E-state index contributed by atoms with van der Waals surface area (Å²) in [6, 6.07) is 0. The third-order valence-electron chi connectivity index (χ3n) is 8.96. The van der Waals surface area contributed by atoms with Gasteiger partial charge in [-0.3, -0.25) is 4.79 Å². The van der Waals surface area contributed by atoms with Crippen LogP contribution in [0.1, 0.15) is 27.2 Å². The van der Waals surface area contributed by atoms with Crippen molar-refractivity contribution in [1.82, 2.24) is 0 Å².